The zero-order chi connectivity index (χ0) is 10.7. The van der Waals surface area contributed by atoms with Gasteiger partial charge in [-0.3, -0.25) is 5.84 Å². The highest BCUT2D eigenvalue weighted by Gasteiger charge is 2.13. The molecule has 0 bridgehead atoms. The van der Waals surface area contributed by atoms with Gasteiger partial charge in [-0.15, -0.1) is 0 Å². The lowest BCUT2D eigenvalue weighted by Crippen LogP contribution is -2.29. The molecule has 0 saturated carbocycles. The van der Waals surface area contributed by atoms with Crippen LogP contribution in [0.25, 0.3) is 0 Å². The van der Waals surface area contributed by atoms with Gasteiger partial charge in [0.1, 0.15) is 17.7 Å². The first kappa shape index (κ1) is 9.82. The Morgan fingerprint density at radius 1 is 1.33 bits per heavy atom. The van der Waals surface area contributed by atoms with Crippen molar-refractivity contribution in [1.82, 2.24) is 15.4 Å². The van der Waals surface area contributed by atoms with Gasteiger partial charge in [-0.2, -0.15) is 0 Å². The third-order valence-electron chi connectivity index (χ3n) is 2.16. The van der Waals surface area contributed by atoms with Gasteiger partial charge in [-0.1, -0.05) is 12.1 Å². The van der Waals surface area contributed by atoms with Crippen molar-refractivity contribution in [3.63, 3.8) is 0 Å². The van der Waals surface area contributed by atoms with Gasteiger partial charge in [0.05, 0.1) is 0 Å². The lowest BCUT2D eigenvalue weighted by atomic mass is 10.1. The lowest BCUT2D eigenvalue weighted by molar-refractivity contribution is 0.599. The summed E-state index contributed by atoms with van der Waals surface area (Å²) in [6.45, 7) is 0. The molecule has 4 nitrogen and oxygen atoms in total. The molecular formula is C10H11FN4. The van der Waals surface area contributed by atoms with E-state index in [1.165, 1.54) is 12.1 Å². The zero-order valence-electron chi connectivity index (χ0n) is 7.94. The van der Waals surface area contributed by atoms with Gasteiger partial charge in [0.2, 0.25) is 0 Å². The fraction of sp³-hybridized carbons (Fsp3) is 0.100. The number of hydrazine groups is 1. The normalized spacial score (nSPS) is 12.7. The summed E-state index contributed by atoms with van der Waals surface area (Å²) in [4.78, 5) is 7.05. The van der Waals surface area contributed by atoms with Crippen molar-refractivity contribution in [2.75, 3.05) is 0 Å². The van der Waals surface area contributed by atoms with Crippen LogP contribution in [-0.2, 0) is 0 Å². The summed E-state index contributed by atoms with van der Waals surface area (Å²) < 4.78 is 12.7. The van der Waals surface area contributed by atoms with Gasteiger partial charge in [-0.05, 0) is 17.7 Å². The van der Waals surface area contributed by atoms with Gasteiger partial charge < -0.3 is 4.98 Å². The Bertz CT molecular complexity index is 409. The number of rotatable bonds is 3. The van der Waals surface area contributed by atoms with E-state index in [4.69, 9.17) is 5.84 Å². The summed E-state index contributed by atoms with van der Waals surface area (Å²) in [6.07, 6.45) is 3.35. The first-order valence-corrected chi connectivity index (χ1v) is 4.52. The molecule has 0 aliphatic heterocycles. The third kappa shape index (κ3) is 2.03. The minimum Gasteiger partial charge on any atom is -0.347 e. The number of hydrogen-bond acceptors (Lipinski definition) is 3. The van der Waals surface area contributed by atoms with Crippen molar-refractivity contribution in [3.05, 3.63) is 53.9 Å². The van der Waals surface area contributed by atoms with Crippen LogP contribution < -0.4 is 11.3 Å². The van der Waals surface area contributed by atoms with Crippen LogP contribution in [0.1, 0.15) is 17.4 Å². The van der Waals surface area contributed by atoms with Gasteiger partial charge in [-0.25, -0.2) is 14.8 Å². The van der Waals surface area contributed by atoms with Gasteiger partial charge in [0.15, 0.2) is 0 Å². The summed E-state index contributed by atoms with van der Waals surface area (Å²) in [5, 5.41) is 0. The molecule has 78 valence electrons. The summed E-state index contributed by atoms with van der Waals surface area (Å²) in [6, 6.07) is 5.87. The number of imidazole rings is 1. The topological polar surface area (TPSA) is 66.7 Å². The van der Waals surface area contributed by atoms with Crippen molar-refractivity contribution >= 4 is 0 Å². The molecule has 1 aromatic carbocycles. The molecule has 5 heteroatoms. The molecule has 1 aromatic heterocycles. The average Bonchev–Trinajstić information content (AvgIpc) is 2.75. The van der Waals surface area contributed by atoms with E-state index in [0.717, 1.165) is 5.56 Å². The molecule has 2 rings (SSSR count). The van der Waals surface area contributed by atoms with Crippen molar-refractivity contribution in [2.24, 2.45) is 5.84 Å². The minimum absolute atomic E-state index is 0.249. The number of aromatic nitrogens is 2. The second-order valence-electron chi connectivity index (χ2n) is 3.13. The van der Waals surface area contributed by atoms with E-state index >= 15 is 0 Å². The Hall–Kier alpha value is -1.72. The smallest absolute Gasteiger partial charge is 0.129 e. The van der Waals surface area contributed by atoms with E-state index in [9.17, 15) is 4.39 Å². The van der Waals surface area contributed by atoms with Crippen molar-refractivity contribution in [1.29, 1.82) is 0 Å². The van der Waals surface area contributed by atoms with Crippen LogP contribution in [0.5, 0.6) is 0 Å². The van der Waals surface area contributed by atoms with Crippen LogP contribution >= 0.6 is 0 Å². The molecule has 4 N–H and O–H groups in total. The number of hydrogen-bond donors (Lipinski definition) is 3. The Balaban J connectivity index is 2.31. The van der Waals surface area contributed by atoms with Crippen molar-refractivity contribution in [2.45, 2.75) is 6.04 Å². The summed E-state index contributed by atoms with van der Waals surface area (Å²) in [7, 11) is 0. The average molecular weight is 206 g/mol. The SMILES string of the molecule is NNC(c1ccc(F)cc1)c1ncc[nH]1. The fourth-order valence-electron chi connectivity index (χ4n) is 1.42. The molecule has 1 atom stereocenters. The van der Waals surface area contributed by atoms with Gasteiger partial charge in [0, 0.05) is 12.4 Å². The monoisotopic (exact) mass is 206 g/mol. The van der Waals surface area contributed by atoms with Crippen LogP contribution in [-0.4, -0.2) is 9.97 Å². The molecule has 0 spiro atoms. The Morgan fingerprint density at radius 2 is 2.07 bits per heavy atom. The number of nitrogens with one attached hydrogen (secondary N) is 2. The summed E-state index contributed by atoms with van der Waals surface area (Å²) in [5.41, 5.74) is 3.48. The molecule has 2 aromatic rings. The molecule has 0 amide bonds. The fourth-order valence-corrected chi connectivity index (χ4v) is 1.42. The van der Waals surface area contributed by atoms with Crippen LogP contribution in [0.3, 0.4) is 0 Å². The predicted octanol–water partition coefficient (Wildman–Crippen LogP) is 1.10. The summed E-state index contributed by atoms with van der Waals surface area (Å²) in [5.74, 6) is 5.86. The van der Waals surface area contributed by atoms with Crippen LogP contribution in [0.2, 0.25) is 0 Å². The Kier molecular flexibility index (Phi) is 2.75. The molecule has 1 heterocycles. The standard InChI is InChI=1S/C10H11FN4/c11-8-3-1-7(2-4-8)9(15-12)10-13-5-6-14-10/h1-6,9,15H,12H2,(H,13,14). The van der Waals surface area contributed by atoms with Crippen LogP contribution in [0.15, 0.2) is 36.7 Å². The number of H-pyrrole nitrogens is 1. The molecule has 1 unspecified atom stereocenters. The van der Waals surface area contributed by atoms with E-state index in [1.54, 1.807) is 24.5 Å². The molecule has 15 heavy (non-hydrogen) atoms. The summed E-state index contributed by atoms with van der Waals surface area (Å²) >= 11 is 0. The first-order chi connectivity index (χ1) is 7.31. The molecule has 0 fully saturated rings. The van der Waals surface area contributed by atoms with E-state index in [-0.39, 0.29) is 11.9 Å². The Morgan fingerprint density at radius 3 is 2.60 bits per heavy atom. The van der Waals surface area contributed by atoms with Gasteiger partial charge >= 0.3 is 0 Å². The molecule has 0 saturated heterocycles. The van der Waals surface area contributed by atoms with E-state index in [2.05, 4.69) is 15.4 Å². The second-order valence-corrected chi connectivity index (χ2v) is 3.13. The first-order valence-electron chi connectivity index (χ1n) is 4.52. The third-order valence-corrected chi connectivity index (χ3v) is 2.16. The van der Waals surface area contributed by atoms with E-state index in [0.29, 0.717) is 5.82 Å². The number of benzene rings is 1. The minimum atomic E-state index is -0.269. The van der Waals surface area contributed by atoms with E-state index < -0.39 is 0 Å². The molecule has 0 aliphatic carbocycles. The number of nitrogens with two attached hydrogens (primary N) is 1. The molecule has 0 aliphatic rings. The largest absolute Gasteiger partial charge is 0.347 e. The van der Waals surface area contributed by atoms with Crippen LogP contribution in [0.4, 0.5) is 4.39 Å². The zero-order valence-corrected chi connectivity index (χ0v) is 7.94. The maximum absolute atomic E-state index is 12.7. The van der Waals surface area contributed by atoms with Gasteiger partial charge in [0.25, 0.3) is 0 Å². The highest BCUT2D eigenvalue weighted by atomic mass is 19.1. The predicted molar refractivity (Wildman–Crippen MR) is 54.2 cm³/mol. The molecular weight excluding hydrogens is 195 g/mol. The maximum Gasteiger partial charge on any atom is 0.129 e. The maximum atomic E-state index is 12.7. The van der Waals surface area contributed by atoms with Crippen LogP contribution in [0, 0.1) is 5.82 Å². The quantitative estimate of drug-likeness (QED) is 0.520. The highest BCUT2D eigenvalue weighted by Crippen LogP contribution is 2.17. The second kappa shape index (κ2) is 4.20. The number of aromatic amines is 1. The lowest BCUT2D eigenvalue weighted by Gasteiger charge is -2.13. The number of nitrogens with zero attached hydrogens (tertiary/aromatic N) is 1. The van der Waals surface area contributed by atoms with E-state index in [1.807, 2.05) is 0 Å². The van der Waals surface area contributed by atoms with Crippen molar-refractivity contribution in [3.8, 4) is 0 Å². The highest BCUT2D eigenvalue weighted by molar-refractivity contribution is 5.24. The van der Waals surface area contributed by atoms with Crippen molar-refractivity contribution < 1.29 is 4.39 Å². The Labute approximate surface area is 86.3 Å². The molecule has 0 radical (unpaired) electrons. The number of halogens is 1.